The minimum absolute atomic E-state index is 0.207. The van der Waals surface area contributed by atoms with Crippen LogP contribution < -0.4 is 5.32 Å². The quantitative estimate of drug-likeness (QED) is 0.777. The number of aromatic nitrogens is 3. The molecule has 0 bridgehead atoms. The lowest BCUT2D eigenvalue weighted by Gasteiger charge is -2.32. The fourth-order valence-electron chi connectivity index (χ4n) is 3.40. The molecule has 1 N–H and O–H groups in total. The minimum atomic E-state index is 0.207. The number of aryl methyl sites for hydroxylation is 2. The number of benzene rings is 2. The third-order valence-electron chi connectivity index (χ3n) is 4.63. The Hall–Kier alpha value is -2.62. The van der Waals surface area contributed by atoms with Gasteiger partial charge in [-0.1, -0.05) is 54.1 Å². The summed E-state index contributed by atoms with van der Waals surface area (Å²) in [7, 11) is 0. The molecule has 2 atom stereocenters. The first-order chi connectivity index (χ1) is 11.2. The van der Waals surface area contributed by atoms with Gasteiger partial charge in [-0.2, -0.15) is 10.1 Å². The first-order valence-corrected chi connectivity index (χ1v) is 8.00. The van der Waals surface area contributed by atoms with Crippen LogP contribution in [-0.2, 0) is 0 Å². The Morgan fingerprint density at radius 2 is 1.91 bits per heavy atom. The summed E-state index contributed by atoms with van der Waals surface area (Å²) in [4.78, 5) is 4.40. The summed E-state index contributed by atoms with van der Waals surface area (Å²) in [5, 5.41) is 7.97. The molecule has 0 amide bonds. The lowest BCUT2D eigenvalue weighted by atomic mass is 9.90. The van der Waals surface area contributed by atoms with Crippen LogP contribution in [0, 0.1) is 13.8 Å². The van der Waals surface area contributed by atoms with Gasteiger partial charge in [-0.3, -0.25) is 0 Å². The van der Waals surface area contributed by atoms with Crippen molar-refractivity contribution in [3.05, 3.63) is 77.1 Å². The number of hydrogen-bond acceptors (Lipinski definition) is 3. The van der Waals surface area contributed by atoms with Crippen molar-refractivity contribution < 1.29 is 0 Å². The second-order valence-corrected chi connectivity index (χ2v) is 6.25. The molecule has 4 nitrogen and oxygen atoms in total. The van der Waals surface area contributed by atoms with Crippen molar-refractivity contribution in [2.24, 2.45) is 0 Å². The molecule has 0 spiro atoms. The van der Waals surface area contributed by atoms with Gasteiger partial charge < -0.3 is 5.32 Å². The molecule has 116 valence electrons. The molecular formula is C19H20N4. The highest BCUT2D eigenvalue weighted by Gasteiger charge is 2.30. The van der Waals surface area contributed by atoms with Gasteiger partial charge in [0.25, 0.3) is 0 Å². The topological polar surface area (TPSA) is 42.7 Å². The maximum atomic E-state index is 4.46. The van der Waals surface area contributed by atoms with Gasteiger partial charge in [0.2, 0.25) is 5.95 Å². The lowest BCUT2D eigenvalue weighted by molar-refractivity contribution is 0.429. The molecule has 3 aromatic rings. The molecule has 1 aliphatic heterocycles. The summed E-state index contributed by atoms with van der Waals surface area (Å²) in [6, 6.07) is 17.7. The molecule has 1 aromatic heterocycles. The molecule has 4 heteroatoms. The maximum Gasteiger partial charge on any atom is 0.222 e. The molecule has 0 radical (unpaired) electrons. The highest BCUT2D eigenvalue weighted by Crippen LogP contribution is 2.38. The van der Waals surface area contributed by atoms with Crippen LogP contribution in [0.3, 0.4) is 0 Å². The van der Waals surface area contributed by atoms with E-state index in [0.29, 0.717) is 0 Å². The zero-order valence-electron chi connectivity index (χ0n) is 13.4. The van der Waals surface area contributed by atoms with E-state index in [2.05, 4.69) is 77.8 Å². The number of rotatable bonds is 2. The molecule has 2 heterocycles. The van der Waals surface area contributed by atoms with Crippen LogP contribution >= 0.6 is 0 Å². The van der Waals surface area contributed by atoms with Crippen LogP contribution in [-0.4, -0.2) is 14.8 Å². The molecule has 23 heavy (non-hydrogen) atoms. The van der Waals surface area contributed by atoms with Gasteiger partial charge in [-0.25, -0.2) is 4.68 Å². The van der Waals surface area contributed by atoms with Crippen molar-refractivity contribution in [2.45, 2.75) is 32.4 Å². The first kappa shape index (κ1) is 14.0. The Balaban J connectivity index is 1.78. The molecule has 2 aromatic carbocycles. The highest BCUT2D eigenvalue weighted by atomic mass is 15.4. The Morgan fingerprint density at radius 3 is 2.74 bits per heavy atom. The van der Waals surface area contributed by atoms with Gasteiger partial charge in [-0.15, -0.1) is 0 Å². The van der Waals surface area contributed by atoms with Crippen LogP contribution in [0.4, 0.5) is 5.95 Å². The fraction of sp³-hybridized carbons (Fsp3) is 0.263. The van der Waals surface area contributed by atoms with Gasteiger partial charge >= 0.3 is 0 Å². The van der Waals surface area contributed by atoms with Crippen molar-refractivity contribution >= 4 is 5.95 Å². The first-order valence-electron chi connectivity index (χ1n) is 8.00. The van der Waals surface area contributed by atoms with Crippen molar-refractivity contribution in [3.63, 3.8) is 0 Å². The molecule has 4 rings (SSSR count). The van der Waals surface area contributed by atoms with Crippen LogP contribution in [0.15, 0.2) is 54.9 Å². The Labute approximate surface area is 136 Å². The normalized spacial score (nSPS) is 19.9. The van der Waals surface area contributed by atoms with Crippen molar-refractivity contribution in [1.29, 1.82) is 0 Å². The van der Waals surface area contributed by atoms with E-state index in [4.69, 9.17) is 0 Å². The summed E-state index contributed by atoms with van der Waals surface area (Å²) in [5.74, 6) is 0.844. The average molecular weight is 304 g/mol. The van der Waals surface area contributed by atoms with Crippen molar-refractivity contribution in [2.75, 3.05) is 5.32 Å². The fourth-order valence-corrected chi connectivity index (χ4v) is 3.40. The van der Waals surface area contributed by atoms with E-state index in [1.165, 1.54) is 22.3 Å². The summed E-state index contributed by atoms with van der Waals surface area (Å²) in [6.07, 6.45) is 2.60. The van der Waals surface area contributed by atoms with E-state index < -0.39 is 0 Å². The second-order valence-electron chi connectivity index (χ2n) is 6.25. The van der Waals surface area contributed by atoms with Crippen LogP contribution in [0.2, 0.25) is 0 Å². The van der Waals surface area contributed by atoms with Crippen LogP contribution in [0.25, 0.3) is 0 Å². The maximum absolute atomic E-state index is 4.46. The molecule has 0 aliphatic carbocycles. The average Bonchev–Trinajstić information content (AvgIpc) is 3.05. The predicted octanol–water partition coefficient (Wildman–Crippen LogP) is 4.04. The molecule has 1 aliphatic rings. The van der Waals surface area contributed by atoms with E-state index in [0.717, 1.165) is 12.4 Å². The Morgan fingerprint density at radius 1 is 1.09 bits per heavy atom. The summed E-state index contributed by atoms with van der Waals surface area (Å²) in [6.45, 7) is 4.31. The zero-order chi connectivity index (χ0) is 15.8. The number of nitrogens with zero attached hydrogens (tertiary/aromatic N) is 3. The molecule has 2 unspecified atom stereocenters. The number of nitrogens with one attached hydrogen (secondary N) is 1. The predicted molar refractivity (Wildman–Crippen MR) is 91.5 cm³/mol. The van der Waals surface area contributed by atoms with Gasteiger partial charge in [-0.05, 0) is 37.0 Å². The van der Waals surface area contributed by atoms with Crippen LogP contribution in [0.5, 0.6) is 0 Å². The van der Waals surface area contributed by atoms with E-state index >= 15 is 0 Å². The molecular weight excluding hydrogens is 284 g/mol. The van der Waals surface area contributed by atoms with Gasteiger partial charge in [0.15, 0.2) is 0 Å². The van der Waals surface area contributed by atoms with Gasteiger partial charge in [0.1, 0.15) is 6.33 Å². The number of hydrogen-bond donors (Lipinski definition) is 1. The van der Waals surface area contributed by atoms with E-state index in [1.54, 1.807) is 6.33 Å². The van der Waals surface area contributed by atoms with Gasteiger partial charge in [0, 0.05) is 0 Å². The standard InChI is InChI=1S/C19H20N4/c1-13-8-9-14(2)16(10-13)18-11-17(15-6-4-3-5-7-15)22-19-20-12-21-23(18)19/h3-10,12,17-18H,11H2,1-2H3,(H,20,21,22). The SMILES string of the molecule is Cc1ccc(C)c(C2CC(c3ccccc3)Nc3ncnn32)c1. The minimum Gasteiger partial charge on any atom is -0.348 e. The van der Waals surface area contributed by atoms with Gasteiger partial charge in [0.05, 0.1) is 12.1 Å². The van der Waals surface area contributed by atoms with E-state index in [9.17, 15) is 0 Å². The van der Waals surface area contributed by atoms with Crippen molar-refractivity contribution in [3.8, 4) is 0 Å². The lowest BCUT2D eigenvalue weighted by Crippen LogP contribution is -2.28. The second kappa shape index (κ2) is 5.54. The molecule has 0 fully saturated rings. The van der Waals surface area contributed by atoms with Crippen LogP contribution in [0.1, 0.15) is 40.8 Å². The summed E-state index contributed by atoms with van der Waals surface area (Å²) >= 11 is 0. The summed E-state index contributed by atoms with van der Waals surface area (Å²) < 4.78 is 2.02. The number of anilines is 1. The highest BCUT2D eigenvalue weighted by molar-refractivity contribution is 5.41. The number of fused-ring (bicyclic) bond motifs is 1. The van der Waals surface area contributed by atoms with E-state index in [-0.39, 0.29) is 12.1 Å². The summed E-state index contributed by atoms with van der Waals surface area (Å²) in [5.41, 5.74) is 5.20. The smallest absolute Gasteiger partial charge is 0.222 e. The third kappa shape index (κ3) is 2.50. The monoisotopic (exact) mass is 304 g/mol. The molecule has 0 saturated carbocycles. The Kier molecular flexibility index (Phi) is 3.37. The third-order valence-corrected chi connectivity index (χ3v) is 4.63. The van der Waals surface area contributed by atoms with E-state index in [1.807, 2.05) is 4.68 Å². The zero-order valence-corrected chi connectivity index (χ0v) is 13.4. The largest absolute Gasteiger partial charge is 0.348 e. The molecule has 0 saturated heterocycles. The Bertz CT molecular complexity index is 822. The van der Waals surface area contributed by atoms with Crippen molar-refractivity contribution in [1.82, 2.24) is 14.8 Å².